The number of halogens is 1. The van der Waals surface area contributed by atoms with Crippen molar-refractivity contribution < 1.29 is 0 Å². The quantitative estimate of drug-likeness (QED) is 0.913. The van der Waals surface area contributed by atoms with E-state index in [1.807, 2.05) is 31.5 Å². The summed E-state index contributed by atoms with van der Waals surface area (Å²) in [5.74, 6) is 0. The summed E-state index contributed by atoms with van der Waals surface area (Å²) in [5, 5.41) is 0.737. The minimum Gasteiger partial charge on any atom is -0.324 e. The van der Waals surface area contributed by atoms with Gasteiger partial charge in [-0.05, 0) is 50.3 Å². The molecule has 1 aromatic carbocycles. The highest BCUT2D eigenvalue weighted by atomic mass is 35.5. The Kier molecular flexibility index (Phi) is 3.33. The highest BCUT2D eigenvalue weighted by Gasteiger charge is 2.17. The highest BCUT2D eigenvalue weighted by molar-refractivity contribution is 6.32. The first kappa shape index (κ1) is 12.7. The Morgan fingerprint density at radius 3 is 2.84 bits per heavy atom. The molecule has 19 heavy (non-hydrogen) atoms. The molecule has 1 aliphatic carbocycles. The standard InChI is InChI=1S/C15H18ClN3/c1-10(17)11-6-7-14(12(16)8-11)19-9-18-13-4-2-3-5-15(13)19/h6-10H,2-5,17H2,1H3/t10-/m1/s1. The molecule has 1 atom stereocenters. The van der Waals surface area contributed by atoms with Gasteiger partial charge in [0.05, 0.1) is 22.7 Å². The first-order chi connectivity index (χ1) is 9.16. The molecule has 1 aromatic heterocycles. The van der Waals surface area contributed by atoms with Gasteiger partial charge in [0, 0.05) is 11.7 Å². The smallest absolute Gasteiger partial charge is 0.0998 e. The predicted molar refractivity (Wildman–Crippen MR) is 77.8 cm³/mol. The molecule has 0 radical (unpaired) electrons. The van der Waals surface area contributed by atoms with Gasteiger partial charge < -0.3 is 10.3 Å². The molecule has 3 nitrogen and oxygen atoms in total. The van der Waals surface area contributed by atoms with Crippen LogP contribution in [-0.4, -0.2) is 9.55 Å². The highest BCUT2D eigenvalue weighted by Crippen LogP contribution is 2.28. The Balaban J connectivity index is 2.05. The summed E-state index contributed by atoms with van der Waals surface area (Å²) in [6.45, 7) is 1.96. The molecular formula is C15H18ClN3. The number of hydrogen-bond acceptors (Lipinski definition) is 2. The van der Waals surface area contributed by atoms with Gasteiger partial charge in [0.2, 0.25) is 0 Å². The molecule has 0 amide bonds. The van der Waals surface area contributed by atoms with E-state index in [1.165, 1.54) is 24.2 Å². The number of nitrogens with zero attached hydrogens (tertiary/aromatic N) is 2. The van der Waals surface area contributed by atoms with Gasteiger partial charge in [0.15, 0.2) is 0 Å². The van der Waals surface area contributed by atoms with Crippen LogP contribution in [0.2, 0.25) is 5.02 Å². The Labute approximate surface area is 118 Å². The molecular weight excluding hydrogens is 258 g/mol. The number of benzene rings is 1. The minimum atomic E-state index is 0.00301. The van der Waals surface area contributed by atoms with E-state index < -0.39 is 0 Å². The third-order valence-electron chi connectivity index (χ3n) is 3.79. The van der Waals surface area contributed by atoms with Crippen molar-refractivity contribution in [2.45, 2.75) is 38.6 Å². The summed E-state index contributed by atoms with van der Waals surface area (Å²) in [4.78, 5) is 4.51. The van der Waals surface area contributed by atoms with E-state index >= 15 is 0 Å². The predicted octanol–water partition coefficient (Wildman–Crippen LogP) is 3.42. The zero-order valence-electron chi connectivity index (χ0n) is 11.1. The SMILES string of the molecule is C[C@@H](N)c1ccc(-n2cnc3c2CCCC3)c(Cl)c1. The van der Waals surface area contributed by atoms with E-state index in [-0.39, 0.29) is 6.04 Å². The zero-order valence-corrected chi connectivity index (χ0v) is 11.8. The zero-order chi connectivity index (χ0) is 13.4. The van der Waals surface area contributed by atoms with Crippen LogP contribution in [0.15, 0.2) is 24.5 Å². The topological polar surface area (TPSA) is 43.8 Å². The molecule has 0 saturated heterocycles. The second kappa shape index (κ2) is 4.99. The van der Waals surface area contributed by atoms with Gasteiger partial charge in [-0.2, -0.15) is 0 Å². The molecule has 0 unspecified atom stereocenters. The van der Waals surface area contributed by atoms with Crippen molar-refractivity contribution in [3.05, 3.63) is 46.5 Å². The van der Waals surface area contributed by atoms with E-state index in [9.17, 15) is 0 Å². The summed E-state index contributed by atoms with van der Waals surface area (Å²) >= 11 is 6.40. The number of fused-ring (bicyclic) bond motifs is 1. The summed E-state index contributed by atoms with van der Waals surface area (Å²) in [7, 11) is 0. The molecule has 100 valence electrons. The van der Waals surface area contributed by atoms with Gasteiger partial charge >= 0.3 is 0 Å². The lowest BCUT2D eigenvalue weighted by molar-refractivity contribution is 0.656. The average molecular weight is 276 g/mol. The first-order valence-corrected chi connectivity index (χ1v) is 7.15. The maximum absolute atomic E-state index is 6.40. The van der Waals surface area contributed by atoms with E-state index in [0.29, 0.717) is 0 Å². The van der Waals surface area contributed by atoms with E-state index in [2.05, 4.69) is 9.55 Å². The van der Waals surface area contributed by atoms with Crippen molar-refractivity contribution in [1.29, 1.82) is 0 Å². The fraction of sp³-hybridized carbons (Fsp3) is 0.400. The Bertz CT molecular complexity index is 601. The van der Waals surface area contributed by atoms with Gasteiger partial charge in [0.25, 0.3) is 0 Å². The lowest BCUT2D eigenvalue weighted by Gasteiger charge is -2.16. The fourth-order valence-electron chi connectivity index (χ4n) is 2.68. The van der Waals surface area contributed by atoms with Crippen molar-refractivity contribution in [2.24, 2.45) is 5.73 Å². The second-order valence-corrected chi connectivity index (χ2v) is 5.62. The Morgan fingerprint density at radius 2 is 2.11 bits per heavy atom. The van der Waals surface area contributed by atoms with E-state index in [0.717, 1.165) is 29.1 Å². The van der Waals surface area contributed by atoms with Crippen LogP contribution >= 0.6 is 11.6 Å². The largest absolute Gasteiger partial charge is 0.324 e. The van der Waals surface area contributed by atoms with Crippen LogP contribution in [0.25, 0.3) is 5.69 Å². The lowest BCUT2D eigenvalue weighted by Crippen LogP contribution is -2.08. The third-order valence-corrected chi connectivity index (χ3v) is 4.09. The fourth-order valence-corrected chi connectivity index (χ4v) is 2.96. The molecule has 0 spiro atoms. The molecule has 0 aliphatic heterocycles. The van der Waals surface area contributed by atoms with E-state index in [1.54, 1.807) is 0 Å². The van der Waals surface area contributed by atoms with Crippen LogP contribution < -0.4 is 5.73 Å². The monoisotopic (exact) mass is 275 g/mol. The van der Waals surface area contributed by atoms with E-state index in [4.69, 9.17) is 17.3 Å². The van der Waals surface area contributed by atoms with Crippen molar-refractivity contribution in [1.82, 2.24) is 9.55 Å². The average Bonchev–Trinajstić information content (AvgIpc) is 2.82. The first-order valence-electron chi connectivity index (χ1n) is 6.77. The molecule has 3 rings (SSSR count). The van der Waals surface area contributed by atoms with Gasteiger partial charge in [-0.25, -0.2) is 4.98 Å². The summed E-state index contributed by atoms with van der Waals surface area (Å²) in [6, 6.07) is 6.04. The maximum atomic E-state index is 6.40. The minimum absolute atomic E-state index is 0.00301. The summed E-state index contributed by atoms with van der Waals surface area (Å²) in [5.41, 5.74) is 10.5. The maximum Gasteiger partial charge on any atom is 0.0998 e. The number of aromatic nitrogens is 2. The van der Waals surface area contributed by atoms with Gasteiger partial charge in [-0.1, -0.05) is 17.7 Å². The summed E-state index contributed by atoms with van der Waals surface area (Å²) in [6.07, 6.45) is 6.52. The molecule has 1 heterocycles. The second-order valence-electron chi connectivity index (χ2n) is 5.21. The van der Waals surface area contributed by atoms with Gasteiger partial charge in [-0.15, -0.1) is 0 Å². The van der Waals surface area contributed by atoms with Crippen molar-refractivity contribution in [3.63, 3.8) is 0 Å². The number of aryl methyl sites for hydroxylation is 1. The van der Waals surface area contributed by atoms with Gasteiger partial charge in [0.1, 0.15) is 0 Å². The molecule has 2 aromatic rings. The molecule has 1 aliphatic rings. The molecule has 0 fully saturated rings. The van der Waals surface area contributed by atoms with Crippen LogP contribution in [0.5, 0.6) is 0 Å². The molecule has 2 N–H and O–H groups in total. The van der Waals surface area contributed by atoms with Crippen molar-refractivity contribution >= 4 is 11.6 Å². The van der Waals surface area contributed by atoms with Gasteiger partial charge in [-0.3, -0.25) is 0 Å². The van der Waals surface area contributed by atoms with Crippen LogP contribution in [0, 0.1) is 0 Å². The van der Waals surface area contributed by atoms with Crippen molar-refractivity contribution in [3.8, 4) is 5.69 Å². The Hall–Kier alpha value is -1.32. The number of hydrogen-bond donors (Lipinski definition) is 1. The lowest BCUT2D eigenvalue weighted by atomic mass is 10.0. The Morgan fingerprint density at radius 1 is 1.32 bits per heavy atom. The van der Waals surface area contributed by atoms with Crippen LogP contribution in [0.4, 0.5) is 0 Å². The number of imidazole rings is 1. The number of nitrogens with two attached hydrogens (primary N) is 1. The number of rotatable bonds is 2. The summed E-state index contributed by atoms with van der Waals surface area (Å²) < 4.78 is 2.13. The third kappa shape index (κ3) is 2.28. The van der Waals surface area contributed by atoms with Crippen molar-refractivity contribution in [2.75, 3.05) is 0 Å². The van der Waals surface area contributed by atoms with Crippen LogP contribution in [0.3, 0.4) is 0 Å². The van der Waals surface area contributed by atoms with Crippen LogP contribution in [-0.2, 0) is 12.8 Å². The normalized spacial score (nSPS) is 16.2. The van der Waals surface area contributed by atoms with Crippen LogP contribution in [0.1, 0.15) is 42.8 Å². The molecule has 4 heteroatoms. The molecule has 0 saturated carbocycles. The molecule has 0 bridgehead atoms.